The first-order chi connectivity index (χ1) is 11.7. The first kappa shape index (κ1) is 17.4. The lowest BCUT2D eigenvalue weighted by Crippen LogP contribution is -2.25. The van der Waals surface area contributed by atoms with Crippen molar-refractivity contribution in [3.63, 3.8) is 0 Å². The lowest BCUT2D eigenvalue weighted by atomic mass is 9.70. The summed E-state index contributed by atoms with van der Waals surface area (Å²) in [6.07, 6.45) is 8.09. The quantitative estimate of drug-likeness (QED) is 0.473. The predicted octanol–water partition coefficient (Wildman–Crippen LogP) is 6.91. The molecule has 1 aliphatic rings. The number of hydrogen-bond acceptors (Lipinski definition) is 1. The van der Waals surface area contributed by atoms with E-state index in [1.165, 1.54) is 47.9 Å². The van der Waals surface area contributed by atoms with Crippen LogP contribution in [0.25, 0.3) is 11.1 Å². The van der Waals surface area contributed by atoms with Gasteiger partial charge in [-0.2, -0.15) is 0 Å². The van der Waals surface area contributed by atoms with Gasteiger partial charge >= 0.3 is 0 Å². The summed E-state index contributed by atoms with van der Waals surface area (Å²) in [6.45, 7) is 4.51. The Morgan fingerprint density at radius 2 is 1.50 bits per heavy atom. The van der Waals surface area contributed by atoms with Crippen LogP contribution in [0.1, 0.15) is 73.9 Å². The van der Waals surface area contributed by atoms with Gasteiger partial charge in [0, 0.05) is 15.5 Å². The Labute approximate surface area is 153 Å². The van der Waals surface area contributed by atoms with E-state index in [1.807, 2.05) is 6.07 Å². The summed E-state index contributed by atoms with van der Waals surface area (Å²) >= 11 is 3.67. The van der Waals surface area contributed by atoms with Crippen molar-refractivity contribution in [3.8, 4) is 11.1 Å². The van der Waals surface area contributed by atoms with E-state index in [0.29, 0.717) is 0 Å². The van der Waals surface area contributed by atoms with Crippen LogP contribution in [-0.2, 0) is 5.41 Å². The molecule has 0 spiro atoms. The van der Waals surface area contributed by atoms with Crippen molar-refractivity contribution in [3.05, 3.63) is 57.6 Å². The molecule has 0 amide bonds. The van der Waals surface area contributed by atoms with E-state index in [1.54, 1.807) is 0 Å². The molecule has 0 fully saturated rings. The molecule has 0 bridgehead atoms. The SMILES string of the molecule is CCCCC1(CCCC)c2cc(Br)ccc2-c2ccc(C=O)cc21. The third-order valence-corrected chi connectivity index (χ3v) is 5.89. The highest BCUT2D eigenvalue weighted by Gasteiger charge is 2.42. The summed E-state index contributed by atoms with van der Waals surface area (Å²) in [7, 11) is 0. The monoisotopic (exact) mass is 384 g/mol. The van der Waals surface area contributed by atoms with Crippen LogP contribution < -0.4 is 0 Å². The van der Waals surface area contributed by atoms with Gasteiger partial charge in [0.2, 0.25) is 0 Å². The zero-order chi connectivity index (χ0) is 17.2. The normalized spacial score (nSPS) is 14.3. The van der Waals surface area contributed by atoms with E-state index in [-0.39, 0.29) is 5.41 Å². The van der Waals surface area contributed by atoms with Crippen LogP contribution in [0.5, 0.6) is 0 Å². The lowest BCUT2D eigenvalue weighted by Gasteiger charge is -2.33. The van der Waals surface area contributed by atoms with Gasteiger partial charge in [0.05, 0.1) is 0 Å². The van der Waals surface area contributed by atoms with Crippen molar-refractivity contribution < 1.29 is 4.79 Å². The molecule has 1 nitrogen and oxygen atoms in total. The molecular formula is C22H25BrO. The van der Waals surface area contributed by atoms with Crippen LogP contribution in [-0.4, -0.2) is 6.29 Å². The molecule has 0 atom stereocenters. The summed E-state index contributed by atoms with van der Waals surface area (Å²) in [5.74, 6) is 0. The van der Waals surface area contributed by atoms with Gasteiger partial charge in [-0.3, -0.25) is 4.79 Å². The van der Waals surface area contributed by atoms with Gasteiger partial charge in [-0.05, 0) is 53.3 Å². The number of rotatable bonds is 7. The van der Waals surface area contributed by atoms with E-state index in [2.05, 4.69) is 60.1 Å². The fourth-order valence-electron chi connectivity index (χ4n) is 4.18. The standard InChI is InChI=1S/C22H25BrO/c1-3-5-11-22(12-6-4-2)20-13-16(15-24)7-9-18(20)19-10-8-17(23)14-21(19)22/h7-10,13-15H,3-6,11-12H2,1-2H3. The number of benzene rings is 2. The Hall–Kier alpha value is -1.41. The summed E-state index contributed by atoms with van der Waals surface area (Å²) in [5, 5.41) is 0. The van der Waals surface area contributed by atoms with Crippen LogP contribution >= 0.6 is 15.9 Å². The maximum atomic E-state index is 11.4. The molecule has 126 valence electrons. The molecule has 2 heteroatoms. The Balaban J connectivity index is 2.24. The maximum absolute atomic E-state index is 11.4. The molecule has 2 aromatic rings. The Morgan fingerprint density at radius 1 is 0.917 bits per heavy atom. The van der Waals surface area contributed by atoms with E-state index in [9.17, 15) is 4.79 Å². The van der Waals surface area contributed by atoms with Crippen LogP contribution in [0.4, 0.5) is 0 Å². The topological polar surface area (TPSA) is 17.1 Å². The average molecular weight is 385 g/mol. The predicted molar refractivity (Wildman–Crippen MR) is 105 cm³/mol. The number of carbonyl (C=O) groups is 1. The Bertz CT molecular complexity index is 740. The molecule has 0 heterocycles. The van der Waals surface area contributed by atoms with E-state index < -0.39 is 0 Å². The number of aldehydes is 1. The molecule has 24 heavy (non-hydrogen) atoms. The molecule has 0 aliphatic heterocycles. The first-order valence-electron chi connectivity index (χ1n) is 9.06. The summed E-state index contributed by atoms with van der Waals surface area (Å²) in [4.78, 5) is 11.4. The number of carbonyl (C=O) groups excluding carboxylic acids is 1. The molecule has 0 saturated carbocycles. The van der Waals surface area contributed by atoms with Crippen molar-refractivity contribution in [1.82, 2.24) is 0 Å². The fraction of sp³-hybridized carbons (Fsp3) is 0.409. The van der Waals surface area contributed by atoms with Crippen LogP contribution in [0, 0.1) is 0 Å². The summed E-state index contributed by atoms with van der Waals surface area (Å²) in [6, 6.07) is 12.9. The number of fused-ring (bicyclic) bond motifs is 3. The Kier molecular flexibility index (Phi) is 5.24. The van der Waals surface area contributed by atoms with Gasteiger partial charge < -0.3 is 0 Å². The first-order valence-corrected chi connectivity index (χ1v) is 9.85. The second-order valence-electron chi connectivity index (χ2n) is 6.90. The van der Waals surface area contributed by atoms with Crippen molar-refractivity contribution >= 4 is 22.2 Å². The van der Waals surface area contributed by atoms with Gasteiger partial charge in [-0.15, -0.1) is 0 Å². The third-order valence-electron chi connectivity index (χ3n) is 5.40. The maximum Gasteiger partial charge on any atom is 0.150 e. The van der Waals surface area contributed by atoms with Crippen molar-refractivity contribution in [2.45, 2.75) is 57.8 Å². The van der Waals surface area contributed by atoms with Gasteiger partial charge in [0.25, 0.3) is 0 Å². The molecule has 0 N–H and O–H groups in total. The average Bonchev–Trinajstić information content (AvgIpc) is 2.87. The van der Waals surface area contributed by atoms with Crippen LogP contribution in [0.2, 0.25) is 0 Å². The van der Waals surface area contributed by atoms with E-state index in [0.717, 1.165) is 29.2 Å². The largest absolute Gasteiger partial charge is 0.298 e. The van der Waals surface area contributed by atoms with Crippen molar-refractivity contribution in [2.24, 2.45) is 0 Å². The minimum Gasteiger partial charge on any atom is -0.298 e. The van der Waals surface area contributed by atoms with Crippen molar-refractivity contribution in [2.75, 3.05) is 0 Å². The zero-order valence-corrected chi connectivity index (χ0v) is 16.2. The molecule has 2 aromatic carbocycles. The molecule has 1 aliphatic carbocycles. The minimum absolute atomic E-state index is 0.0550. The third kappa shape index (κ3) is 2.86. The number of unbranched alkanes of at least 4 members (excludes halogenated alkanes) is 2. The van der Waals surface area contributed by atoms with Gasteiger partial charge in [0.1, 0.15) is 6.29 Å². The molecule has 3 rings (SSSR count). The highest BCUT2D eigenvalue weighted by Crippen LogP contribution is 2.54. The molecule has 0 saturated heterocycles. The zero-order valence-electron chi connectivity index (χ0n) is 14.6. The summed E-state index contributed by atoms with van der Waals surface area (Å²) < 4.78 is 1.14. The van der Waals surface area contributed by atoms with Gasteiger partial charge in [-0.25, -0.2) is 0 Å². The van der Waals surface area contributed by atoms with E-state index in [4.69, 9.17) is 0 Å². The molecule has 0 radical (unpaired) electrons. The second kappa shape index (κ2) is 7.23. The molecule has 0 unspecified atom stereocenters. The van der Waals surface area contributed by atoms with Crippen LogP contribution in [0.3, 0.4) is 0 Å². The van der Waals surface area contributed by atoms with Crippen molar-refractivity contribution in [1.29, 1.82) is 0 Å². The van der Waals surface area contributed by atoms with E-state index >= 15 is 0 Å². The van der Waals surface area contributed by atoms with Gasteiger partial charge in [0.15, 0.2) is 0 Å². The smallest absolute Gasteiger partial charge is 0.150 e. The Morgan fingerprint density at radius 3 is 2.08 bits per heavy atom. The molecule has 0 aromatic heterocycles. The fourth-order valence-corrected chi connectivity index (χ4v) is 4.54. The number of hydrogen-bond donors (Lipinski definition) is 0. The van der Waals surface area contributed by atoms with Gasteiger partial charge in [-0.1, -0.05) is 73.7 Å². The number of halogens is 1. The molecular weight excluding hydrogens is 360 g/mol. The van der Waals surface area contributed by atoms with Crippen LogP contribution in [0.15, 0.2) is 40.9 Å². The highest BCUT2D eigenvalue weighted by molar-refractivity contribution is 9.10. The highest BCUT2D eigenvalue weighted by atomic mass is 79.9. The minimum atomic E-state index is 0.0550. The lowest BCUT2D eigenvalue weighted by molar-refractivity contribution is 0.112. The summed E-state index contributed by atoms with van der Waals surface area (Å²) in [5.41, 5.74) is 6.31. The second-order valence-corrected chi connectivity index (χ2v) is 7.82.